The number of likely N-dealkylation sites (tertiary alicyclic amines) is 1. The molecule has 1 fully saturated rings. The molecular formula is C22H27N3O2. The van der Waals surface area contributed by atoms with Crippen molar-refractivity contribution in [1.29, 1.82) is 0 Å². The first kappa shape index (κ1) is 18.8. The van der Waals surface area contributed by atoms with E-state index in [9.17, 15) is 5.11 Å². The van der Waals surface area contributed by atoms with Gasteiger partial charge in [0.1, 0.15) is 11.5 Å². The van der Waals surface area contributed by atoms with Gasteiger partial charge in [-0.3, -0.25) is 4.99 Å². The molecule has 0 saturated carbocycles. The molecule has 5 nitrogen and oxygen atoms in total. The second-order valence-corrected chi connectivity index (χ2v) is 6.60. The molecule has 1 heterocycles. The molecule has 0 aromatic heterocycles. The van der Waals surface area contributed by atoms with Crippen LogP contribution in [-0.2, 0) is 6.54 Å². The molecule has 0 spiro atoms. The fraction of sp³-hybridized carbons (Fsp3) is 0.318. The predicted octanol–water partition coefficient (Wildman–Crippen LogP) is 3.66. The maximum Gasteiger partial charge on any atom is 0.193 e. The van der Waals surface area contributed by atoms with Gasteiger partial charge in [-0.1, -0.05) is 42.0 Å². The van der Waals surface area contributed by atoms with E-state index >= 15 is 0 Å². The van der Waals surface area contributed by atoms with Crippen LogP contribution in [0.5, 0.6) is 11.5 Å². The molecule has 0 aliphatic carbocycles. The summed E-state index contributed by atoms with van der Waals surface area (Å²) in [6.45, 7) is 2.36. The lowest BCUT2D eigenvalue weighted by Crippen LogP contribution is -2.44. The van der Waals surface area contributed by atoms with E-state index in [4.69, 9.17) is 4.74 Å². The Morgan fingerprint density at radius 3 is 2.59 bits per heavy atom. The number of hydrogen-bond acceptors (Lipinski definition) is 3. The van der Waals surface area contributed by atoms with Gasteiger partial charge in [0.25, 0.3) is 0 Å². The summed E-state index contributed by atoms with van der Waals surface area (Å²) in [5.74, 6) is 1.84. The minimum absolute atomic E-state index is 0.255. The molecule has 0 bridgehead atoms. The van der Waals surface area contributed by atoms with E-state index in [1.54, 1.807) is 26.3 Å². The molecule has 1 saturated heterocycles. The lowest BCUT2D eigenvalue weighted by molar-refractivity contribution is 0.374. The number of rotatable bonds is 4. The Morgan fingerprint density at radius 2 is 1.93 bits per heavy atom. The van der Waals surface area contributed by atoms with Gasteiger partial charge in [0.2, 0.25) is 0 Å². The molecule has 2 aromatic rings. The average Bonchev–Trinajstić information content (AvgIpc) is 2.71. The van der Waals surface area contributed by atoms with Crippen molar-refractivity contribution in [2.24, 2.45) is 4.99 Å². The second kappa shape index (κ2) is 9.12. The quantitative estimate of drug-likeness (QED) is 0.641. The maximum atomic E-state index is 10.0. The number of ether oxygens (including phenoxy) is 1. The summed E-state index contributed by atoms with van der Waals surface area (Å²) in [7, 11) is 3.42. The Hall–Kier alpha value is -2.95. The van der Waals surface area contributed by atoms with Crippen LogP contribution >= 0.6 is 0 Å². The molecule has 2 aromatic carbocycles. The van der Waals surface area contributed by atoms with Crippen molar-refractivity contribution >= 4 is 12.0 Å². The zero-order valence-corrected chi connectivity index (χ0v) is 16.0. The first-order chi connectivity index (χ1) is 13.2. The van der Waals surface area contributed by atoms with Crippen molar-refractivity contribution in [2.45, 2.75) is 19.4 Å². The molecule has 2 N–H and O–H groups in total. The molecule has 1 aliphatic heterocycles. The van der Waals surface area contributed by atoms with E-state index in [-0.39, 0.29) is 5.75 Å². The van der Waals surface area contributed by atoms with Gasteiger partial charge in [0.15, 0.2) is 5.96 Å². The number of phenolic OH excluding ortho intramolecular Hbond substituents is 1. The zero-order valence-electron chi connectivity index (χ0n) is 16.0. The number of nitrogens with one attached hydrogen (secondary N) is 1. The van der Waals surface area contributed by atoms with Crippen LogP contribution in [0.15, 0.2) is 59.1 Å². The number of guanidine groups is 1. The number of nitrogens with zero attached hydrogens (tertiary/aromatic N) is 2. The number of hydrogen-bond donors (Lipinski definition) is 2. The van der Waals surface area contributed by atoms with Gasteiger partial charge < -0.3 is 20.1 Å². The van der Waals surface area contributed by atoms with Crippen molar-refractivity contribution in [3.63, 3.8) is 0 Å². The van der Waals surface area contributed by atoms with Crippen LogP contribution in [0.4, 0.5) is 0 Å². The van der Waals surface area contributed by atoms with Crippen LogP contribution in [0.1, 0.15) is 24.0 Å². The number of phenols is 1. The van der Waals surface area contributed by atoms with Gasteiger partial charge in [-0.2, -0.15) is 0 Å². The molecule has 0 unspecified atom stereocenters. The lowest BCUT2D eigenvalue weighted by Gasteiger charge is -2.31. The molecular weight excluding hydrogens is 338 g/mol. The molecule has 142 valence electrons. The van der Waals surface area contributed by atoms with Gasteiger partial charge in [-0.15, -0.1) is 0 Å². The summed E-state index contributed by atoms with van der Waals surface area (Å²) >= 11 is 0. The average molecular weight is 365 g/mol. The van der Waals surface area contributed by atoms with E-state index in [2.05, 4.69) is 45.6 Å². The molecule has 5 heteroatoms. The van der Waals surface area contributed by atoms with Crippen molar-refractivity contribution in [3.05, 3.63) is 65.2 Å². The molecule has 0 atom stereocenters. The Kier molecular flexibility index (Phi) is 6.36. The van der Waals surface area contributed by atoms with Gasteiger partial charge in [0, 0.05) is 32.2 Å². The zero-order chi connectivity index (χ0) is 19.1. The van der Waals surface area contributed by atoms with Gasteiger partial charge >= 0.3 is 0 Å². The highest BCUT2D eigenvalue weighted by atomic mass is 16.5. The Morgan fingerprint density at radius 1 is 1.19 bits per heavy atom. The minimum Gasteiger partial charge on any atom is -0.508 e. The third-order valence-corrected chi connectivity index (χ3v) is 4.81. The summed E-state index contributed by atoms with van der Waals surface area (Å²) in [6, 6.07) is 15.7. The SMILES string of the molecule is CN=C(NCc1cc(OC)ccc1O)N1CCC(=Cc2ccccc2)CC1. The Balaban J connectivity index is 1.57. The van der Waals surface area contributed by atoms with Crippen molar-refractivity contribution in [3.8, 4) is 11.5 Å². The normalized spacial score (nSPS) is 14.8. The van der Waals surface area contributed by atoms with Crippen molar-refractivity contribution in [2.75, 3.05) is 27.2 Å². The number of aromatic hydroxyl groups is 1. The minimum atomic E-state index is 0.255. The Bertz CT molecular complexity index is 806. The molecule has 3 rings (SSSR count). The van der Waals surface area contributed by atoms with E-state index in [1.807, 2.05) is 12.1 Å². The van der Waals surface area contributed by atoms with Crippen LogP contribution in [0.25, 0.3) is 6.08 Å². The van der Waals surface area contributed by atoms with Gasteiger partial charge in [-0.05, 0) is 36.6 Å². The molecule has 27 heavy (non-hydrogen) atoms. The van der Waals surface area contributed by atoms with E-state index < -0.39 is 0 Å². The van der Waals surface area contributed by atoms with Gasteiger partial charge in [-0.25, -0.2) is 0 Å². The highest BCUT2D eigenvalue weighted by molar-refractivity contribution is 5.80. The molecule has 0 radical (unpaired) electrons. The second-order valence-electron chi connectivity index (χ2n) is 6.60. The summed E-state index contributed by atoms with van der Waals surface area (Å²) in [5.41, 5.74) is 3.52. The highest BCUT2D eigenvalue weighted by Gasteiger charge is 2.17. The summed E-state index contributed by atoms with van der Waals surface area (Å²) in [5, 5.41) is 13.4. The smallest absolute Gasteiger partial charge is 0.193 e. The highest BCUT2D eigenvalue weighted by Crippen LogP contribution is 2.23. The monoisotopic (exact) mass is 365 g/mol. The third kappa shape index (κ3) is 5.03. The molecule has 0 amide bonds. The summed E-state index contributed by atoms with van der Waals surface area (Å²) in [6.07, 6.45) is 4.35. The number of methoxy groups -OCH3 is 1. The molecule has 1 aliphatic rings. The topological polar surface area (TPSA) is 57.1 Å². The number of aliphatic imine (C=N–C) groups is 1. The fourth-order valence-corrected chi connectivity index (χ4v) is 3.27. The third-order valence-electron chi connectivity index (χ3n) is 4.81. The summed E-state index contributed by atoms with van der Waals surface area (Å²) in [4.78, 5) is 6.67. The van der Waals surface area contributed by atoms with Crippen molar-refractivity contribution in [1.82, 2.24) is 10.2 Å². The van der Waals surface area contributed by atoms with Crippen LogP contribution in [0, 0.1) is 0 Å². The van der Waals surface area contributed by atoms with Crippen LogP contribution in [0.2, 0.25) is 0 Å². The van der Waals surface area contributed by atoms with Crippen LogP contribution < -0.4 is 10.1 Å². The van der Waals surface area contributed by atoms with Crippen LogP contribution in [0.3, 0.4) is 0 Å². The number of piperidine rings is 1. The predicted molar refractivity (Wildman–Crippen MR) is 110 cm³/mol. The van der Waals surface area contributed by atoms with E-state index in [0.717, 1.165) is 43.2 Å². The Labute approximate surface area is 161 Å². The fourth-order valence-electron chi connectivity index (χ4n) is 3.27. The largest absolute Gasteiger partial charge is 0.508 e. The lowest BCUT2D eigenvalue weighted by atomic mass is 10.0. The summed E-state index contributed by atoms with van der Waals surface area (Å²) < 4.78 is 5.23. The number of benzene rings is 2. The van der Waals surface area contributed by atoms with Crippen LogP contribution in [-0.4, -0.2) is 43.2 Å². The first-order valence-electron chi connectivity index (χ1n) is 9.25. The first-order valence-corrected chi connectivity index (χ1v) is 9.25. The standard InChI is InChI=1S/C22H27N3O2/c1-23-22(24-16-19-15-20(27-2)8-9-21(19)26)25-12-10-18(11-13-25)14-17-6-4-3-5-7-17/h3-9,14-15,26H,10-13,16H2,1-2H3,(H,23,24). The van der Waals surface area contributed by atoms with E-state index in [0.29, 0.717) is 6.54 Å². The maximum absolute atomic E-state index is 10.0. The van der Waals surface area contributed by atoms with Gasteiger partial charge in [0.05, 0.1) is 7.11 Å². The van der Waals surface area contributed by atoms with E-state index in [1.165, 1.54) is 11.1 Å². The van der Waals surface area contributed by atoms with Crippen molar-refractivity contribution < 1.29 is 9.84 Å².